The number of pyridine rings is 1. The van der Waals surface area contributed by atoms with Crippen molar-refractivity contribution >= 4 is 6.21 Å². The molecule has 1 aromatic carbocycles. The summed E-state index contributed by atoms with van der Waals surface area (Å²) in [6.07, 6.45) is 7.16. The summed E-state index contributed by atoms with van der Waals surface area (Å²) in [6, 6.07) is 8.05. The highest BCUT2D eigenvalue weighted by Crippen LogP contribution is 2.24. The molecule has 22 heavy (non-hydrogen) atoms. The lowest BCUT2D eigenvalue weighted by Crippen LogP contribution is -2.03. The van der Waals surface area contributed by atoms with Crippen LogP contribution in [0.25, 0.3) is 0 Å². The van der Waals surface area contributed by atoms with E-state index in [1.54, 1.807) is 6.21 Å². The third kappa shape index (κ3) is 4.56. The Hall–Kier alpha value is -2.40. The van der Waals surface area contributed by atoms with Crippen LogP contribution in [0.5, 0.6) is 5.75 Å². The van der Waals surface area contributed by atoms with Crippen LogP contribution < -0.4 is 10.6 Å². The molecule has 0 aliphatic heterocycles. The molecule has 2 rings (SSSR count). The van der Waals surface area contributed by atoms with E-state index in [0.29, 0.717) is 6.61 Å². The predicted octanol–water partition coefficient (Wildman–Crippen LogP) is 2.93. The summed E-state index contributed by atoms with van der Waals surface area (Å²) in [7, 11) is 0. The second kappa shape index (κ2) is 8.14. The monoisotopic (exact) mass is 299 g/mol. The lowest BCUT2D eigenvalue weighted by Gasteiger charge is -2.13. The Morgan fingerprint density at radius 2 is 1.86 bits per heavy atom. The van der Waals surface area contributed by atoms with Gasteiger partial charge in [-0.15, -0.1) is 5.90 Å². The second-order valence-electron chi connectivity index (χ2n) is 5.13. The Morgan fingerprint density at radius 1 is 1.18 bits per heavy atom. The number of nitrogens with two attached hydrogens (primary N) is 1. The average Bonchev–Trinajstić information content (AvgIpc) is 2.52. The van der Waals surface area contributed by atoms with Gasteiger partial charge < -0.3 is 9.68 Å². The summed E-state index contributed by atoms with van der Waals surface area (Å²) >= 11 is 0. The van der Waals surface area contributed by atoms with Crippen molar-refractivity contribution in [2.75, 3.05) is 6.61 Å². The van der Waals surface area contributed by atoms with Crippen LogP contribution in [0.15, 0.2) is 41.8 Å². The Labute approximate surface area is 130 Å². The van der Waals surface area contributed by atoms with E-state index >= 15 is 0 Å². The van der Waals surface area contributed by atoms with Gasteiger partial charge in [0.15, 0.2) is 0 Å². The fraction of sp³-hybridized carbons (Fsp3) is 0.294. The van der Waals surface area contributed by atoms with E-state index in [2.05, 4.69) is 15.1 Å². The summed E-state index contributed by atoms with van der Waals surface area (Å²) in [6.45, 7) is 4.72. The minimum Gasteiger partial charge on any atom is -0.493 e. The lowest BCUT2D eigenvalue weighted by atomic mass is 10.1. The van der Waals surface area contributed by atoms with Gasteiger partial charge in [0.05, 0.1) is 12.8 Å². The van der Waals surface area contributed by atoms with Gasteiger partial charge in [-0.2, -0.15) is 0 Å². The maximum absolute atomic E-state index is 5.93. The van der Waals surface area contributed by atoms with Crippen LogP contribution in [0.2, 0.25) is 0 Å². The van der Waals surface area contributed by atoms with Crippen molar-refractivity contribution in [2.45, 2.75) is 26.7 Å². The largest absolute Gasteiger partial charge is 0.493 e. The van der Waals surface area contributed by atoms with Crippen LogP contribution in [0, 0.1) is 13.8 Å². The Balaban J connectivity index is 1.91. The van der Waals surface area contributed by atoms with Gasteiger partial charge >= 0.3 is 0 Å². The third-order valence-electron chi connectivity index (χ3n) is 3.35. The molecule has 116 valence electrons. The van der Waals surface area contributed by atoms with Crippen molar-refractivity contribution in [2.24, 2.45) is 11.1 Å². The maximum Gasteiger partial charge on any atom is 0.125 e. The van der Waals surface area contributed by atoms with Gasteiger partial charge in [0, 0.05) is 12.4 Å². The molecule has 0 saturated heterocycles. The number of benzene rings is 1. The van der Waals surface area contributed by atoms with Crippen LogP contribution in [0.4, 0.5) is 0 Å². The lowest BCUT2D eigenvalue weighted by molar-refractivity contribution is 0.150. The zero-order valence-corrected chi connectivity index (χ0v) is 13.0. The molecular weight excluding hydrogens is 278 g/mol. The molecule has 0 unspecified atom stereocenters. The number of rotatable bonds is 7. The molecule has 5 heteroatoms. The number of ether oxygens (including phenoxy) is 1. The average molecular weight is 299 g/mol. The van der Waals surface area contributed by atoms with Gasteiger partial charge in [-0.1, -0.05) is 5.16 Å². The number of hydrogen-bond donors (Lipinski definition) is 1. The molecule has 1 aromatic heterocycles. The first-order chi connectivity index (χ1) is 10.7. The van der Waals surface area contributed by atoms with Crippen molar-refractivity contribution in [3.8, 4) is 5.75 Å². The molecule has 0 fully saturated rings. The molecule has 0 atom stereocenters. The van der Waals surface area contributed by atoms with E-state index in [1.165, 1.54) is 5.56 Å². The van der Waals surface area contributed by atoms with Gasteiger partial charge in [-0.05, 0) is 73.2 Å². The standard InChI is InChI=1S/C17H21N3O2/c1-13-10-16(12-20-22-18)11-14(2)17(13)21-9-3-4-15-5-7-19-8-6-15/h5-8,10-12H,3-4,9,18H2,1-2H3. The van der Waals surface area contributed by atoms with E-state index < -0.39 is 0 Å². The van der Waals surface area contributed by atoms with Crippen molar-refractivity contribution in [1.82, 2.24) is 4.98 Å². The number of aryl methyl sites for hydroxylation is 3. The number of hydrogen-bond acceptors (Lipinski definition) is 5. The van der Waals surface area contributed by atoms with Crippen LogP contribution in [-0.4, -0.2) is 17.8 Å². The first-order valence-corrected chi connectivity index (χ1v) is 7.23. The highest BCUT2D eigenvalue weighted by molar-refractivity contribution is 5.80. The Bertz CT molecular complexity index is 604. The molecule has 0 saturated carbocycles. The van der Waals surface area contributed by atoms with E-state index in [-0.39, 0.29) is 0 Å². The summed E-state index contributed by atoms with van der Waals surface area (Å²) in [5.74, 6) is 5.82. The van der Waals surface area contributed by atoms with Crippen LogP contribution in [0.1, 0.15) is 28.7 Å². The topological polar surface area (TPSA) is 69.7 Å². The van der Waals surface area contributed by atoms with E-state index in [9.17, 15) is 0 Å². The molecule has 2 aromatic rings. The smallest absolute Gasteiger partial charge is 0.125 e. The number of oxime groups is 1. The van der Waals surface area contributed by atoms with Crippen molar-refractivity contribution in [3.05, 3.63) is 58.9 Å². The zero-order valence-electron chi connectivity index (χ0n) is 13.0. The molecule has 0 radical (unpaired) electrons. The maximum atomic E-state index is 5.93. The Kier molecular flexibility index (Phi) is 5.91. The molecule has 0 aliphatic carbocycles. The van der Waals surface area contributed by atoms with Crippen LogP contribution in [-0.2, 0) is 11.4 Å². The van der Waals surface area contributed by atoms with Gasteiger partial charge in [-0.3, -0.25) is 4.98 Å². The third-order valence-corrected chi connectivity index (χ3v) is 3.35. The predicted molar refractivity (Wildman–Crippen MR) is 86.8 cm³/mol. The van der Waals surface area contributed by atoms with E-state index in [4.69, 9.17) is 10.6 Å². The van der Waals surface area contributed by atoms with E-state index in [1.807, 2.05) is 50.5 Å². The van der Waals surface area contributed by atoms with E-state index in [0.717, 1.165) is 35.3 Å². The first-order valence-electron chi connectivity index (χ1n) is 7.23. The number of aromatic nitrogens is 1. The fourth-order valence-electron chi connectivity index (χ4n) is 2.38. The Morgan fingerprint density at radius 3 is 2.50 bits per heavy atom. The summed E-state index contributed by atoms with van der Waals surface area (Å²) < 4.78 is 5.93. The molecule has 2 N–H and O–H groups in total. The van der Waals surface area contributed by atoms with Crippen molar-refractivity contribution in [3.63, 3.8) is 0 Å². The normalized spacial score (nSPS) is 10.9. The fourth-order valence-corrected chi connectivity index (χ4v) is 2.38. The minimum absolute atomic E-state index is 0.684. The first kappa shape index (κ1) is 16.0. The number of nitrogens with zero attached hydrogens (tertiary/aromatic N) is 2. The second-order valence-corrected chi connectivity index (χ2v) is 5.13. The van der Waals surface area contributed by atoms with Gasteiger partial charge in [0.25, 0.3) is 0 Å². The molecule has 0 amide bonds. The highest BCUT2D eigenvalue weighted by atomic mass is 16.7. The highest BCUT2D eigenvalue weighted by Gasteiger charge is 2.06. The van der Waals surface area contributed by atoms with Gasteiger partial charge in [0.2, 0.25) is 0 Å². The quantitative estimate of drug-likeness (QED) is 0.485. The van der Waals surface area contributed by atoms with Crippen molar-refractivity contribution < 1.29 is 9.68 Å². The van der Waals surface area contributed by atoms with Crippen LogP contribution in [0.3, 0.4) is 0 Å². The minimum atomic E-state index is 0.684. The molecule has 5 nitrogen and oxygen atoms in total. The molecule has 0 spiro atoms. The summed E-state index contributed by atoms with van der Waals surface area (Å²) in [4.78, 5) is 8.23. The summed E-state index contributed by atoms with van der Waals surface area (Å²) in [5.41, 5.74) is 4.36. The van der Waals surface area contributed by atoms with Crippen molar-refractivity contribution in [1.29, 1.82) is 0 Å². The zero-order chi connectivity index (χ0) is 15.8. The van der Waals surface area contributed by atoms with Gasteiger partial charge in [-0.25, -0.2) is 0 Å². The summed E-state index contributed by atoms with van der Waals surface area (Å²) in [5, 5.41) is 3.57. The molecule has 0 aliphatic rings. The molecule has 1 heterocycles. The van der Waals surface area contributed by atoms with Crippen LogP contribution >= 0.6 is 0 Å². The molecular formula is C17H21N3O2. The molecule has 0 bridgehead atoms. The van der Waals surface area contributed by atoms with Gasteiger partial charge in [0.1, 0.15) is 5.75 Å². The SMILES string of the molecule is Cc1cc(C=NON)cc(C)c1OCCCc1ccncc1.